The molecule has 2 rings (SSSR count). The van der Waals surface area contributed by atoms with E-state index in [0.717, 1.165) is 12.8 Å². The number of likely N-dealkylation sites (tertiary alicyclic amines) is 1. The maximum absolute atomic E-state index is 12.0. The van der Waals surface area contributed by atoms with E-state index in [4.69, 9.17) is 9.78 Å². The highest BCUT2D eigenvalue weighted by Gasteiger charge is 2.25. The number of nitriles is 1. The number of hydrogen-bond donors (Lipinski definition) is 0. The summed E-state index contributed by atoms with van der Waals surface area (Å²) < 4.78 is 4.87. The predicted octanol–water partition coefficient (Wildman–Crippen LogP) is 1.36. The highest BCUT2D eigenvalue weighted by molar-refractivity contribution is 5.94. The molecule has 0 aromatic carbocycles. The first-order chi connectivity index (χ1) is 7.72. The Bertz CT molecular complexity index is 425. The van der Waals surface area contributed by atoms with Crippen molar-refractivity contribution in [3.63, 3.8) is 0 Å². The molecule has 5 heteroatoms. The van der Waals surface area contributed by atoms with E-state index in [1.165, 1.54) is 6.20 Å². The molecule has 5 nitrogen and oxygen atoms in total. The molecule has 0 N–H and O–H groups in total. The van der Waals surface area contributed by atoms with E-state index >= 15 is 0 Å². The standard InChI is InChI=1S/C11H13N3O2/c1-8-10(7-13-16-8)11(15)14-4-2-9(6-12)3-5-14/h7,9H,2-5H2,1H3. The lowest BCUT2D eigenvalue weighted by atomic mass is 9.98. The summed E-state index contributed by atoms with van der Waals surface area (Å²) in [5.74, 6) is 0.593. The molecule has 1 aromatic rings. The van der Waals surface area contributed by atoms with Crippen LogP contribution in [0.4, 0.5) is 0 Å². The van der Waals surface area contributed by atoms with Crippen LogP contribution in [0, 0.1) is 24.2 Å². The molecular weight excluding hydrogens is 206 g/mol. The Morgan fingerprint density at radius 1 is 1.62 bits per heavy atom. The molecule has 16 heavy (non-hydrogen) atoms. The van der Waals surface area contributed by atoms with Crippen LogP contribution in [0.15, 0.2) is 10.7 Å². The van der Waals surface area contributed by atoms with Crippen molar-refractivity contribution in [2.24, 2.45) is 5.92 Å². The van der Waals surface area contributed by atoms with Crippen LogP contribution in [0.3, 0.4) is 0 Å². The van der Waals surface area contributed by atoms with Gasteiger partial charge in [0, 0.05) is 19.0 Å². The van der Waals surface area contributed by atoms with Crippen LogP contribution in [0.2, 0.25) is 0 Å². The highest BCUT2D eigenvalue weighted by atomic mass is 16.5. The Balaban J connectivity index is 2.03. The molecule has 0 saturated carbocycles. The van der Waals surface area contributed by atoms with Gasteiger partial charge in [-0.3, -0.25) is 4.79 Å². The van der Waals surface area contributed by atoms with Crippen LogP contribution in [0.25, 0.3) is 0 Å². The molecule has 0 aliphatic carbocycles. The lowest BCUT2D eigenvalue weighted by Gasteiger charge is -2.28. The lowest BCUT2D eigenvalue weighted by Crippen LogP contribution is -2.38. The van der Waals surface area contributed by atoms with Crippen molar-refractivity contribution in [2.75, 3.05) is 13.1 Å². The molecule has 2 heterocycles. The van der Waals surface area contributed by atoms with Crippen molar-refractivity contribution in [3.05, 3.63) is 17.5 Å². The largest absolute Gasteiger partial charge is 0.361 e. The molecule has 1 amide bonds. The van der Waals surface area contributed by atoms with Crippen LogP contribution in [-0.2, 0) is 0 Å². The summed E-state index contributed by atoms with van der Waals surface area (Å²) in [6.45, 7) is 3.01. The van der Waals surface area contributed by atoms with E-state index in [-0.39, 0.29) is 11.8 Å². The van der Waals surface area contributed by atoms with Crippen LogP contribution in [0.1, 0.15) is 29.0 Å². The van der Waals surface area contributed by atoms with Gasteiger partial charge in [0.1, 0.15) is 11.3 Å². The van der Waals surface area contributed by atoms with Crippen LogP contribution in [-0.4, -0.2) is 29.1 Å². The van der Waals surface area contributed by atoms with Crippen molar-refractivity contribution in [2.45, 2.75) is 19.8 Å². The molecule has 84 valence electrons. The molecule has 0 spiro atoms. The maximum atomic E-state index is 12.0. The van der Waals surface area contributed by atoms with Gasteiger partial charge in [-0.2, -0.15) is 5.26 Å². The summed E-state index contributed by atoms with van der Waals surface area (Å²) in [6, 6.07) is 2.24. The number of carbonyl (C=O) groups excluding carboxylic acids is 1. The predicted molar refractivity (Wildman–Crippen MR) is 55.5 cm³/mol. The first-order valence-corrected chi connectivity index (χ1v) is 5.32. The molecule has 0 radical (unpaired) electrons. The number of hydrogen-bond acceptors (Lipinski definition) is 4. The summed E-state index contributed by atoms with van der Waals surface area (Å²) in [5, 5.41) is 12.4. The number of aromatic nitrogens is 1. The Morgan fingerprint density at radius 3 is 2.81 bits per heavy atom. The quantitative estimate of drug-likeness (QED) is 0.715. The van der Waals surface area contributed by atoms with E-state index in [2.05, 4.69) is 11.2 Å². The normalized spacial score (nSPS) is 17.1. The fourth-order valence-electron chi connectivity index (χ4n) is 1.89. The number of rotatable bonds is 1. The minimum atomic E-state index is -0.0462. The average molecular weight is 219 g/mol. The van der Waals surface area contributed by atoms with Gasteiger partial charge in [0.15, 0.2) is 0 Å². The Labute approximate surface area is 93.6 Å². The van der Waals surface area contributed by atoms with Gasteiger partial charge in [0.25, 0.3) is 5.91 Å². The number of carbonyl (C=O) groups is 1. The smallest absolute Gasteiger partial charge is 0.259 e. The molecule has 0 bridgehead atoms. The fraction of sp³-hybridized carbons (Fsp3) is 0.545. The second-order valence-electron chi connectivity index (χ2n) is 3.99. The first kappa shape index (κ1) is 10.7. The van der Waals surface area contributed by atoms with E-state index in [1.54, 1.807) is 11.8 Å². The number of piperidine rings is 1. The molecule has 1 aromatic heterocycles. The topological polar surface area (TPSA) is 70.1 Å². The summed E-state index contributed by atoms with van der Waals surface area (Å²) >= 11 is 0. The SMILES string of the molecule is Cc1oncc1C(=O)N1CCC(C#N)CC1. The minimum absolute atomic E-state index is 0.0462. The second kappa shape index (κ2) is 4.35. The number of amides is 1. The van der Waals surface area contributed by atoms with Gasteiger partial charge in [-0.05, 0) is 19.8 Å². The van der Waals surface area contributed by atoms with E-state index < -0.39 is 0 Å². The molecule has 1 fully saturated rings. The zero-order chi connectivity index (χ0) is 11.5. The third-order valence-electron chi connectivity index (χ3n) is 2.95. The van der Waals surface area contributed by atoms with Crippen molar-refractivity contribution in [1.29, 1.82) is 5.26 Å². The average Bonchev–Trinajstić information content (AvgIpc) is 2.75. The van der Waals surface area contributed by atoms with Crippen LogP contribution < -0.4 is 0 Å². The molecule has 0 unspecified atom stereocenters. The van der Waals surface area contributed by atoms with Crippen LogP contribution >= 0.6 is 0 Å². The van der Waals surface area contributed by atoms with Crippen LogP contribution in [0.5, 0.6) is 0 Å². The van der Waals surface area contributed by atoms with E-state index in [9.17, 15) is 4.79 Å². The van der Waals surface area contributed by atoms with Gasteiger partial charge in [0.2, 0.25) is 0 Å². The first-order valence-electron chi connectivity index (χ1n) is 5.32. The Morgan fingerprint density at radius 2 is 2.31 bits per heavy atom. The second-order valence-corrected chi connectivity index (χ2v) is 3.99. The summed E-state index contributed by atoms with van der Waals surface area (Å²) in [7, 11) is 0. The molecular formula is C11H13N3O2. The van der Waals surface area contributed by atoms with Gasteiger partial charge >= 0.3 is 0 Å². The third-order valence-corrected chi connectivity index (χ3v) is 2.95. The number of aryl methyl sites for hydroxylation is 1. The lowest BCUT2D eigenvalue weighted by molar-refractivity contribution is 0.0705. The fourth-order valence-corrected chi connectivity index (χ4v) is 1.89. The monoisotopic (exact) mass is 219 g/mol. The molecule has 1 aliphatic heterocycles. The van der Waals surface area contributed by atoms with Gasteiger partial charge in [0.05, 0.1) is 12.3 Å². The molecule has 1 saturated heterocycles. The van der Waals surface area contributed by atoms with Gasteiger partial charge in [-0.25, -0.2) is 0 Å². The maximum Gasteiger partial charge on any atom is 0.259 e. The summed E-state index contributed by atoms with van der Waals surface area (Å²) in [6.07, 6.45) is 2.97. The number of nitrogens with zero attached hydrogens (tertiary/aromatic N) is 3. The minimum Gasteiger partial charge on any atom is -0.361 e. The summed E-state index contributed by atoms with van der Waals surface area (Å²) in [4.78, 5) is 13.8. The van der Waals surface area contributed by atoms with E-state index in [0.29, 0.717) is 24.4 Å². The van der Waals surface area contributed by atoms with E-state index in [1.807, 2.05) is 0 Å². The van der Waals surface area contributed by atoms with Crippen molar-refractivity contribution < 1.29 is 9.32 Å². The molecule has 0 atom stereocenters. The van der Waals surface area contributed by atoms with Crippen molar-refractivity contribution in [1.82, 2.24) is 10.1 Å². The zero-order valence-electron chi connectivity index (χ0n) is 9.14. The van der Waals surface area contributed by atoms with Crippen molar-refractivity contribution >= 4 is 5.91 Å². The third kappa shape index (κ3) is 1.91. The highest BCUT2D eigenvalue weighted by Crippen LogP contribution is 2.19. The van der Waals surface area contributed by atoms with Gasteiger partial charge < -0.3 is 9.42 Å². The molecule has 1 aliphatic rings. The Hall–Kier alpha value is -1.83. The summed E-state index contributed by atoms with van der Waals surface area (Å²) in [5.41, 5.74) is 0.524. The van der Waals surface area contributed by atoms with Gasteiger partial charge in [-0.15, -0.1) is 0 Å². The van der Waals surface area contributed by atoms with Crippen molar-refractivity contribution in [3.8, 4) is 6.07 Å². The van der Waals surface area contributed by atoms with Gasteiger partial charge in [-0.1, -0.05) is 5.16 Å². The Kier molecular flexibility index (Phi) is 2.91. The zero-order valence-corrected chi connectivity index (χ0v) is 9.14.